The number of aryl methyl sites for hydroxylation is 2. The highest BCUT2D eigenvalue weighted by Crippen LogP contribution is 2.35. The Balaban J connectivity index is 1.16. The molecule has 5 rings (SSSR count). The predicted octanol–water partition coefficient (Wildman–Crippen LogP) is 3.06. The van der Waals surface area contributed by atoms with Crippen molar-refractivity contribution in [2.75, 3.05) is 7.11 Å². The summed E-state index contributed by atoms with van der Waals surface area (Å²) >= 11 is 0. The van der Waals surface area contributed by atoms with E-state index in [0.29, 0.717) is 19.4 Å². The second-order valence-corrected chi connectivity index (χ2v) is 9.15. The van der Waals surface area contributed by atoms with Crippen LogP contribution in [0.15, 0.2) is 60.0 Å². The lowest BCUT2D eigenvalue weighted by Crippen LogP contribution is -2.54. The van der Waals surface area contributed by atoms with Crippen LogP contribution >= 0.6 is 0 Å². The van der Waals surface area contributed by atoms with Crippen LogP contribution in [0.3, 0.4) is 0 Å². The van der Waals surface area contributed by atoms with Crippen molar-refractivity contribution in [1.82, 2.24) is 26.1 Å². The summed E-state index contributed by atoms with van der Waals surface area (Å²) in [5.74, 6) is 1.67. The van der Waals surface area contributed by atoms with Crippen molar-refractivity contribution in [1.29, 1.82) is 0 Å². The third-order valence-corrected chi connectivity index (χ3v) is 6.87. The Kier molecular flexibility index (Phi) is 6.15. The predicted molar refractivity (Wildman–Crippen MR) is 131 cm³/mol. The van der Waals surface area contributed by atoms with Crippen molar-refractivity contribution in [3.63, 3.8) is 0 Å². The first-order valence-corrected chi connectivity index (χ1v) is 11.8. The summed E-state index contributed by atoms with van der Waals surface area (Å²) in [6, 6.07) is 14.9. The third-order valence-electron chi connectivity index (χ3n) is 6.87. The average molecular weight is 461 g/mol. The highest BCUT2D eigenvalue weighted by molar-refractivity contribution is 5.89. The molecule has 1 saturated heterocycles. The monoisotopic (exact) mass is 460 g/mol. The molecule has 3 heterocycles. The Morgan fingerprint density at radius 1 is 1.21 bits per heavy atom. The van der Waals surface area contributed by atoms with E-state index in [2.05, 4.69) is 69.4 Å². The number of hydrazone groups is 1. The average Bonchev–Trinajstić information content (AvgIpc) is 3.47. The van der Waals surface area contributed by atoms with Gasteiger partial charge in [0, 0.05) is 37.3 Å². The van der Waals surface area contributed by atoms with Gasteiger partial charge in [0.05, 0.1) is 19.2 Å². The molecule has 3 aliphatic heterocycles. The Hall–Kier alpha value is -3.52. The lowest BCUT2D eigenvalue weighted by Gasteiger charge is -2.37. The van der Waals surface area contributed by atoms with Crippen molar-refractivity contribution >= 4 is 11.7 Å². The molecule has 2 aromatic carbocycles. The van der Waals surface area contributed by atoms with Gasteiger partial charge < -0.3 is 20.0 Å². The molecule has 8 nitrogen and oxygen atoms in total. The maximum atomic E-state index is 12.5. The molecule has 3 unspecified atom stereocenters. The quantitative estimate of drug-likeness (QED) is 0.589. The van der Waals surface area contributed by atoms with Gasteiger partial charge in [-0.15, -0.1) is 0 Å². The van der Waals surface area contributed by atoms with E-state index in [4.69, 9.17) is 4.74 Å². The van der Waals surface area contributed by atoms with Crippen molar-refractivity contribution in [3.8, 4) is 5.75 Å². The molecule has 178 valence electrons. The van der Waals surface area contributed by atoms with Gasteiger partial charge in [0.2, 0.25) is 5.91 Å². The van der Waals surface area contributed by atoms with Crippen LogP contribution in [0.1, 0.15) is 47.6 Å². The number of nitrogens with zero attached hydrogens (tertiary/aromatic N) is 3. The van der Waals surface area contributed by atoms with E-state index in [1.807, 2.05) is 30.5 Å². The molecule has 0 aromatic heterocycles. The number of carbonyl (C=O) groups is 1. The first-order chi connectivity index (χ1) is 16.5. The number of amides is 1. The number of hydrogen-bond acceptors (Lipinski definition) is 7. The minimum Gasteiger partial charge on any atom is -0.496 e. The lowest BCUT2D eigenvalue weighted by atomic mass is 9.95. The summed E-state index contributed by atoms with van der Waals surface area (Å²) in [4.78, 5) is 14.7. The van der Waals surface area contributed by atoms with E-state index in [0.717, 1.165) is 23.6 Å². The van der Waals surface area contributed by atoms with Gasteiger partial charge >= 0.3 is 0 Å². The number of fused-ring (bicyclic) bond motifs is 3. The van der Waals surface area contributed by atoms with E-state index >= 15 is 0 Å². The van der Waals surface area contributed by atoms with Gasteiger partial charge in [-0.05, 0) is 37.5 Å². The molecule has 2 aromatic rings. The molecule has 34 heavy (non-hydrogen) atoms. The van der Waals surface area contributed by atoms with Gasteiger partial charge in [-0.2, -0.15) is 5.10 Å². The Bertz CT molecular complexity index is 1130. The number of rotatable bonds is 7. The van der Waals surface area contributed by atoms with Gasteiger partial charge in [-0.25, -0.2) is 5.43 Å². The molecule has 0 spiro atoms. The van der Waals surface area contributed by atoms with Gasteiger partial charge in [0.15, 0.2) is 0 Å². The molecule has 3 aliphatic rings. The van der Waals surface area contributed by atoms with Crippen molar-refractivity contribution in [3.05, 3.63) is 77.1 Å². The number of para-hydroxylation sites is 1. The number of hydrazine groups is 1. The minimum atomic E-state index is -0.00260. The fourth-order valence-electron chi connectivity index (χ4n) is 5.01. The van der Waals surface area contributed by atoms with Crippen LogP contribution in [0.25, 0.3) is 0 Å². The molecule has 1 amide bonds. The molecule has 3 atom stereocenters. The smallest absolute Gasteiger partial charge is 0.220 e. The van der Waals surface area contributed by atoms with Gasteiger partial charge in [-0.1, -0.05) is 42.0 Å². The van der Waals surface area contributed by atoms with Crippen molar-refractivity contribution < 1.29 is 9.53 Å². The summed E-state index contributed by atoms with van der Waals surface area (Å²) in [5.41, 5.74) is 11.8. The second-order valence-electron chi connectivity index (χ2n) is 9.15. The van der Waals surface area contributed by atoms with Crippen LogP contribution in [0.4, 0.5) is 0 Å². The summed E-state index contributed by atoms with van der Waals surface area (Å²) in [6.07, 6.45) is 6.11. The van der Waals surface area contributed by atoms with Crippen LogP contribution in [0.2, 0.25) is 0 Å². The topological polar surface area (TPSA) is 81.2 Å². The number of hydrogen-bond donors (Lipinski definition) is 3. The second kappa shape index (κ2) is 9.38. The van der Waals surface area contributed by atoms with Crippen LogP contribution in [-0.2, 0) is 11.3 Å². The van der Waals surface area contributed by atoms with E-state index in [1.54, 1.807) is 7.11 Å². The van der Waals surface area contributed by atoms with Crippen LogP contribution < -0.4 is 20.9 Å². The van der Waals surface area contributed by atoms with E-state index < -0.39 is 0 Å². The summed E-state index contributed by atoms with van der Waals surface area (Å²) in [7, 11) is 1.64. The van der Waals surface area contributed by atoms with Crippen molar-refractivity contribution in [2.24, 2.45) is 5.10 Å². The molecule has 0 bridgehead atoms. The zero-order chi connectivity index (χ0) is 23.7. The minimum absolute atomic E-state index is 0.00260. The van der Waals surface area contributed by atoms with E-state index in [9.17, 15) is 4.79 Å². The summed E-state index contributed by atoms with van der Waals surface area (Å²) in [5, 5.41) is 9.76. The fraction of sp³-hybridized carbons (Fsp3) is 0.385. The molecular formula is C26H32N6O2. The van der Waals surface area contributed by atoms with Gasteiger partial charge in [0.25, 0.3) is 0 Å². The normalized spacial score (nSPS) is 22.7. The molecule has 0 saturated carbocycles. The highest BCUT2D eigenvalue weighted by Gasteiger charge is 2.44. The molecular weight excluding hydrogens is 428 g/mol. The zero-order valence-corrected chi connectivity index (χ0v) is 19.9. The fourth-order valence-corrected chi connectivity index (χ4v) is 5.01. The lowest BCUT2D eigenvalue weighted by molar-refractivity contribution is -0.121. The molecule has 1 fully saturated rings. The SMILES string of the molecule is COc1ccccc1CNC(=O)CCC1=NNC2C3CC(c4cc(C)ccc4C)NN3C=CN12. The number of amidine groups is 1. The van der Waals surface area contributed by atoms with Crippen molar-refractivity contribution in [2.45, 2.75) is 57.9 Å². The van der Waals surface area contributed by atoms with Gasteiger partial charge in [-0.3, -0.25) is 10.2 Å². The van der Waals surface area contributed by atoms with Crippen LogP contribution in [0, 0.1) is 13.8 Å². The molecule has 0 aliphatic carbocycles. The molecule has 0 radical (unpaired) electrons. The first-order valence-electron chi connectivity index (χ1n) is 11.8. The number of methoxy groups -OCH3 is 1. The number of nitrogens with one attached hydrogen (secondary N) is 3. The summed E-state index contributed by atoms with van der Waals surface area (Å²) < 4.78 is 5.36. The summed E-state index contributed by atoms with van der Waals surface area (Å²) in [6.45, 7) is 4.75. The van der Waals surface area contributed by atoms with E-state index in [-0.39, 0.29) is 24.2 Å². The zero-order valence-electron chi connectivity index (χ0n) is 19.9. The number of benzene rings is 2. The number of carbonyl (C=O) groups excluding carboxylic acids is 1. The third kappa shape index (κ3) is 4.33. The Labute approximate surface area is 200 Å². The maximum Gasteiger partial charge on any atom is 0.220 e. The number of ether oxygens (including phenoxy) is 1. The Morgan fingerprint density at radius 2 is 2.06 bits per heavy atom. The molecule has 8 heteroatoms. The molecule has 3 N–H and O–H groups in total. The standard InChI is InChI=1S/C26H32N6O2/c1-17-8-9-18(2)20(14-17)21-15-22-26-29-28-24(31(26)12-13-32(22)30-21)10-11-25(33)27-16-19-6-4-5-7-23(19)34-3/h4-9,12-14,21-22,26,29-30H,10-11,15-16H2,1-3H3,(H,27,33). The first kappa shape index (κ1) is 22.3. The maximum absolute atomic E-state index is 12.5. The van der Waals surface area contributed by atoms with Crippen LogP contribution in [-0.4, -0.2) is 41.0 Å². The van der Waals surface area contributed by atoms with Crippen LogP contribution in [0.5, 0.6) is 5.75 Å². The van der Waals surface area contributed by atoms with E-state index in [1.165, 1.54) is 16.7 Å². The largest absolute Gasteiger partial charge is 0.496 e. The highest BCUT2D eigenvalue weighted by atomic mass is 16.5. The van der Waals surface area contributed by atoms with Gasteiger partial charge in [0.1, 0.15) is 17.8 Å². The Morgan fingerprint density at radius 3 is 2.91 bits per heavy atom.